The van der Waals surface area contributed by atoms with Crippen LogP contribution in [-0.2, 0) is 61.7 Å². The summed E-state index contributed by atoms with van der Waals surface area (Å²) in [7, 11) is -20.0. The molecule has 42 heavy (non-hydrogen) atoms. The minimum atomic E-state index is -5.44. The van der Waals surface area contributed by atoms with E-state index >= 15 is 0 Å². The third-order valence-electron chi connectivity index (χ3n) is 4.69. The van der Waals surface area contributed by atoms with E-state index in [0.717, 1.165) is 24.3 Å². The first kappa shape index (κ1) is 44.4. The van der Waals surface area contributed by atoms with Gasteiger partial charge in [-0.15, -0.1) is 0 Å². The Kier molecular flexibility index (Phi) is 17.7. The minimum absolute atomic E-state index is 0. The number of nitrogens with zero attached hydrogens (tertiary/aromatic N) is 2. The van der Waals surface area contributed by atoms with Crippen molar-refractivity contribution in [3.8, 4) is 11.5 Å². The van der Waals surface area contributed by atoms with E-state index in [0.29, 0.717) is 18.2 Å². The summed E-state index contributed by atoms with van der Waals surface area (Å²) >= 11 is 0. The van der Waals surface area contributed by atoms with Crippen LogP contribution in [0.2, 0.25) is 0 Å². The van der Waals surface area contributed by atoms with E-state index in [9.17, 15) is 57.5 Å². The van der Waals surface area contributed by atoms with E-state index in [-0.39, 0.29) is 117 Å². The van der Waals surface area contributed by atoms with Crippen molar-refractivity contribution in [1.29, 1.82) is 0 Å². The van der Waals surface area contributed by atoms with Crippen LogP contribution < -0.4 is 98.9 Å². The van der Waals surface area contributed by atoms with Crippen molar-refractivity contribution < 1.29 is 167 Å². The number of hydrogen-bond donors (Lipinski definition) is 0. The van der Waals surface area contributed by atoms with Gasteiger partial charge in [0.2, 0.25) is 10.4 Å². The van der Waals surface area contributed by atoms with E-state index < -0.39 is 90.4 Å². The first-order valence-corrected chi connectivity index (χ1v) is 15.4. The maximum absolute atomic E-state index is 12.7. The van der Waals surface area contributed by atoms with Crippen molar-refractivity contribution in [2.45, 2.75) is 14.7 Å². The molecule has 0 aliphatic carbocycles. The van der Waals surface area contributed by atoms with Crippen LogP contribution in [0.1, 0.15) is 0 Å². The van der Waals surface area contributed by atoms with Gasteiger partial charge in [0, 0.05) is 10.3 Å². The molecular weight excluding hydrogens is 729 g/mol. The van der Waals surface area contributed by atoms with Crippen LogP contribution >= 0.6 is 0 Å². The van der Waals surface area contributed by atoms with Crippen molar-refractivity contribution in [2.24, 2.45) is 10.2 Å². The molecule has 0 bridgehead atoms. The Morgan fingerprint density at radius 2 is 1.29 bits per heavy atom. The molecule has 0 saturated heterocycles. The molecule has 0 heterocycles. The van der Waals surface area contributed by atoms with Gasteiger partial charge in [-0.3, -0.25) is 4.18 Å². The molecule has 3 aromatic carbocycles. The van der Waals surface area contributed by atoms with E-state index in [1.807, 2.05) is 0 Å². The van der Waals surface area contributed by atoms with Crippen LogP contribution in [0.25, 0.3) is 10.8 Å². The van der Waals surface area contributed by atoms with Gasteiger partial charge in [0.25, 0.3) is 0 Å². The topological polar surface area (TPSA) is 286 Å². The van der Waals surface area contributed by atoms with E-state index in [2.05, 4.69) is 14.4 Å². The monoisotopic (exact) mass is 739 g/mol. The summed E-state index contributed by atoms with van der Waals surface area (Å²) in [5.74, 6) is -3.41. The molecule has 0 aromatic heterocycles. The molecule has 0 unspecified atom stereocenters. The summed E-state index contributed by atoms with van der Waals surface area (Å²) < 4.78 is 129. The summed E-state index contributed by atoms with van der Waals surface area (Å²) in [5, 5.41) is 31.2. The van der Waals surface area contributed by atoms with Gasteiger partial charge in [0.15, 0.2) is 9.84 Å². The van der Waals surface area contributed by atoms with Gasteiger partial charge in [0.1, 0.15) is 20.2 Å². The van der Waals surface area contributed by atoms with Crippen LogP contribution in [0.5, 0.6) is 11.5 Å². The van der Waals surface area contributed by atoms with Gasteiger partial charge in [-0.2, -0.15) is 10.2 Å². The smallest absolute Gasteiger partial charge is 0.871 e. The second-order valence-electron chi connectivity index (χ2n) is 7.22. The SMILES string of the molecule is O=S(=O)([O-])OCCS(=O)(=O)c1ccc([O-])c(N=Nc2c([O-])c(S(=O)(=O)[O-])cc3cc(S(=O)(=O)[O-])ccc23)c1.[Cu+2].[Na+].[Na+].[Na+]. The van der Waals surface area contributed by atoms with Crippen LogP contribution in [-0.4, -0.2) is 59.7 Å². The zero-order valence-corrected chi connectivity index (χ0v) is 31.7. The second-order valence-corrected chi connectivity index (χ2v) is 13.1. The van der Waals surface area contributed by atoms with Crippen molar-refractivity contribution in [3.05, 3.63) is 42.5 Å². The average Bonchev–Trinajstić information content (AvgIpc) is 2.76. The number of fused-ring (bicyclic) bond motifs is 1. The van der Waals surface area contributed by atoms with E-state index in [1.165, 1.54) is 0 Å². The van der Waals surface area contributed by atoms with E-state index in [1.54, 1.807) is 0 Å². The van der Waals surface area contributed by atoms with Gasteiger partial charge < -0.3 is 23.9 Å². The molecule has 0 aliphatic rings. The molecule has 0 atom stereocenters. The summed E-state index contributed by atoms with van der Waals surface area (Å²) in [6.45, 7) is -1.03. The Hall–Kier alpha value is 0.279. The summed E-state index contributed by atoms with van der Waals surface area (Å²) in [6.07, 6.45) is 0. The number of sulfone groups is 1. The van der Waals surface area contributed by atoms with Crippen molar-refractivity contribution >= 4 is 62.6 Å². The molecule has 3 rings (SSSR count). The number of benzene rings is 3. The molecule has 0 amide bonds. The Bertz CT molecular complexity index is 1920. The third-order valence-corrected chi connectivity index (χ3v) is 8.49. The Morgan fingerprint density at radius 3 is 1.81 bits per heavy atom. The Morgan fingerprint density at radius 1 is 0.714 bits per heavy atom. The zero-order chi connectivity index (χ0) is 28.7. The van der Waals surface area contributed by atoms with Gasteiger partial charge in [0.05, 0.1) is 33.5 Å². The molecule has 24 heteroatoms. The predicted molar refractivity (Wildman–Crippen MR) is 117 cm³/mol. The third kappa shape index (κ3) is 11.6. The molecule has 215 valence electrons. The first-order valence-electron chi connectivity index (χ1n) is 9.55. The van der Waals surface area contributed by atoms with Crippen molar-refractivity contribution in [3.63, 3.8) is 0 Å². The van der Waals surface area contributed by atoms with Gasteiger partial charge in [-0.25, -0.2) is 33.7 Å². The maximum Gasteiger partial charge on any atom is 2.00 e. The largest absolute Gasteiger partial charge is 2.00 e. The van der Waals surface area contributed by atoms with Crippen molar-refractivity contribution in [2.75, 3.05) is 12.4 Å². The Balaban J connectivity index is 0. The minimum Gasteiger partial charge on any atom is -0.871 e. The maximum atomic E-state index is 12.7. The Labute approximate surface area is 317 Å². The van der Waals surface area contributed by atoms with Crippen molar-refractivity contribution in [1.82, 2.24) is 0 Å². The van der Waals surface area contributed by atoms with Crippen LogP contribution in [0, 0.1) is 0 Å². The fourth-order valence-corrected chi connectivity index (χ4v) is 5.60. The van der Waals surface area contributed by atoms with Gasteiger partial charge in [-0.1, -0.05) is 23.6 Å². The number of azo groups is 1. The summed E-state index contributed by atoms with van der Waals surface area (Å²) in [6, 6.07) is 5.12. The fraction of sp³-hybridized carbons (Fsp3) is 0.111. The first-order chi connectivity index (χ1) is 17.3. The molecule has 0 N–H and O–H groups in total. The van der Waals surface area contributed by atoms with Crippen LogP contribution in [0.3, 0.4) is 0 Å². The molecule has 16 nitrogen and oxygen atoms in total. The summed E-state index contributed by atoms with van der Waals surface area (Å²) in [5.41, 5.74) is -1.56. The van der Waals surface area contributed by atoms with Crippen LogP contribution in [0.15, 0.2) is 67.4 Å². The molecule has 0 fully saturated rings. The predicted octanol–water partition coefficient (Wildman–Crippen LogP) is -9.53. The molecule has 1 radical (unpaired) electrons. The van der Waals surface area contributed by atoms with E-state index in [4.69, 9.17) is 0 Å². The normalized spacial score (nSPS) is 12.1. The number of hydrogen-bond acceptors (Lipinski definition) is 16. The van der Waals surface area contributed by atoms with Crippen LogP contribution in [0.4, 0.5) is 11.4 Å². The number of rotatable bonds is 9. The molecular formula is C18H11CuN2Na3O14S4. The molecule has 3 aromatic rings. The standard InChI is InChI=1S/C18H16N2O14S4.Cu.3Na/c21-15-4-2-11(35(23,24)6-5-34-38(31,32)33)9-14(15)19-20-17-13-3-1-12(36(25,26)27)7-10(13)8-16(18(17)22)37(28,29)30;;;;/h1-4,7-9,21-22H,5-6H2,(H,25,26,27)(H,28,29,30)(H,31,32,33);;;;/q;+2;3*+1/p-5. The molecule has 0 spiro atoms. The van der Waals surface area contributed by atoms with Gasteiger partial charge >= 0.3 is 106 Å². The molecule has 0 saturated carbocycles. The quantitative estimate of drug-likeness (QED) is 0.0853. The van der Waals surface area contributed by atoms with Gasteiger partial charge in [-0.05, 0) is 35.7 Å². The zero-order valence-electron chi connectivity index (χ0n) is 21.5. The second kappa shape index (κ2) is 16.7. The fourth-order valence-electron chi connectivity index (χ4n) is 3.00. The molecule has 0 aliphatic heterocycles. The average molecular weight is 740 g/mol. The summed E-state index contributed by atoms with van der Waals surface area (Å²) in [4.78, 5) is -2.79.